The van der Waals surface area contributed by atoms with Crippen LogP contribution in [-0.2, 0) is 23.1 Å². The molecule has 0 saturated carbocycles. The van der Waals surface area contributed by atoms with Gasteiger partial charge in [0.15, 0.2) is 0 Å². The second-order valence-electron chi connectivity index (χ2n) is 0.513. The first-order chi connectivity index (χ1) is 2.00. The molecule has 3 N–H and O–H groups in total. The zero-order valence-corrected chi connectivity index (χ0v) is 4.94. The van der Waals surface area contributed by atoms with Gasteiger partial charge in [0, 0.05) is 18.6 Å². The van der Waals surface area contributed by atoms with E-state index in [0.717, 1.165) is 0 Å². The third-order valence-corrected chi connectivity index (χ3v) is 0. The fourth-order valence-corrected chi connectivity index (χ4v) is 0. The Balaban J connectivity index is -0.0000000267. The summed E-state index contributed by atoms with van der Waals surface area (Å²) in [4.78, 5) is 21.6. The normalized spacial score (nSPS) is 7.38. The van der Waals surface area contributed by atoms with Gasteiger partial charge in [-0.3, -0.25) is 0 Å². The first-order valence-corrected chi connectivity index (χ1v) is 2.35. The minimum atomic E-state index is -4.64. The van der Waals surface area contributed by atoms with Crippen LogP contribution < -0.4 is 0 Å². The number of phosphoric acid groups is 1. The fourth-order valence-electron chi connectivity index (χ4n) is 0. The van der Waals surface area contributed by atoms with Crippen molar-refractivity contribution in [1.82, 2.24) is 0 Å². The van der Waals surface area contributed by atoms with E-state index < -0.39 is 7.82 Å². The maximum Gasteiger partial charge on any atom is 0 e. The van der Waals surface area contributed by atoms with E-state index in [-0.39, 0.29) is 44.8 Å². The Kier molecular flexibility index (Phi) is 23.6. The van der Waals surface area contributed by atoms with Crippen LogP contribution in [0.1, 0.15) is 7.43 Å². The van der Waals surface area contributed by atoms with Gasteiger partial charge in [-0.1, -0.05) is 7.43 Å². The second kappa shape index (κ2) is 8.29. The van der Waals surface area contributed by atoms with E-state index in [1.165, 1.54) is 0 Å². The molecule has 47 valence electrons. The monoisotopic (exact) mass is 173 g/mol. The molecule has 0 heterocycles. The average molecular weight is 173 g/mol. The summed E-state index contributed by atoms with van der Waals surface area (Å²) in [6.07, 6.45) is 0. The molecule has 0 fully saturated rings. The summed E-state index contributed by atoms with van der Waals surface area (Å²) in [5, 5.41) is 0. The Morgan fingerprint density at radius 2 is 1.12 bits per heavy atom. The van der Waals surface area contributed by atoms with E-state index >= 15 is 0 Å². The first kappa shape index (κ1) is 22.8. The van der Waals surface area contributed by atoms with E-state index in [9.17, 15) is 0 Å². The summed E-state index contributed by atoms with van der Waals surface area (Å²) in [5.74, 6) is 0. The quantitative estimate of drug-likeness (QED) is 0.326. The summed E-state index contributed by atoms with van der Waals surface area (Å²) in [5.41, 5.74) is 0. The van der Waals surface area contributed by atoms with Gasteiger partial charge in [-0.2, -0.15) is 0 Å². The van der Waals surface area contributed by atoms with Crippen LogP contribution in [0.5, 0.6) is 0 Å². The van der Waals surface area contributed by atoms with Gasteiger partial charge in [0.25, 0.3) is 0 Å². The van der Waals surface area contributed by atoms with Gasteiger partial charge in [-0.25, -0.2) is 4.57 Å². The van der Waals surface area contributed by atoms with Crippen LogP contribution in [0.15, 0.2) is 0 Å². The predicted octanol–water partition coefficient (Wildman–Crippen LogP) is -0.944. The molecule has 0 atom stereocenters. The van der Waals surface area contributed by atoms with E-state index in [0.29, 0.717) is 0 Å². The number of rotatable bonds is 0. The number of hydrogen-bond acceptors (Lipinski definition) is 1. The summed E-state index contributed by atoms with van der Waals surface area (Å²) < 4.78 is 8.88. The number of hydrogen-bond donors (Lipinski definition) is 3. The molecular weight excluding hydrogens is 165 g/mol. The van der Waals surface area contributed by atoms with Crippen molar-refractivity contribution in [3.63, 3.8) is 0 Å². The first-order valence-electron chi connectivity index (χ1n) is 0.783. The van der Waals surface area contributed by atoms with Crippen LogP contribution in [0.2, 0.25) is 0 Å². The summed E-state index contributed by atoms with van der Waals surface area (Å²) in [7, 11) is -4.64. The van der Waals surface area contributed by atoms with Crippen LogP contribution in [0.25, 0.3) is 0 Å². The Morgan fingerprint density at radius 3 is 1.12 bits per heavy atom. The molecule has 0 unspecified atom stereocenters. The van der Waals surface area contributed by atoms with Crippen molar-refractivity contribution in [3.8, 4) is 0 Å². The van der Waals surface area contributed by atoms with Crippen molar-refractivity contribution in [3.05, 3.63) is 0 Å². The van der Waals surface area contributed by atoms with E-state index in [2.05, 4.69) is 0 Å². The summed E-state index contributed by atoms with van der Waals surface area (Å²) in [6.45, 7) is 0. The van der Waals surface area contributed by atoms with Gasteiger partial charge in [0.05, 0.1) is 0 Å². The van der Waals surface area contributed by atoms with Crippen molar-refractivity contribution in [2.24, 2.45) is 0 Å². The molecule has 7 heteroatoms. The van der Waals surface area contributed by atoms with Crippen LogP contribution in [-0.4, -0.2) is 33.5 Å². The molecule has 8 heavy (non-hydrogen) atoms. The Morgan fingerprint density at radius 1 is 1.12 bits per heavy atom. The fraction of sp³-hybridized carbons (Fsp3) is 1.00. The van der Waals surface area contributed by atoms with Gasteiger partial charge in [-0.05, 0) is 0 Å². The molecule has 0 aliphatic carbocycles. The standard InChI is InChI=1S/CH4.Li.H3O4P.V.H/c;;1-5(2,3)4;;/h1H4;;(H3,1,2,3,4);;. The zero-order valence-electron chi connectivity index (χ0n) is 2.64. The van der Waals surface area contributed by atoms with Crippen molar-refractivity contribution in [2.75, 3.05) is 0 Å². The molecule has 0 spiro atoms. The van der Waals surface area contributed by atoms with Crippen LogP contribution in [0.4, 0.5) is 0 Å². The van der Waals surface area contributed by atoms with Gasteiger partial charge < -0.3 is 14.7 Å². The van der Waals surface area contributed by atoms with Gasteiger partial charge in [0.1, 0.15) is 0 Å². The minimum absolute atomic E-state index is 0. The van der Waals surface area contributed by atoms with Crippen LogP contribution >= 0.6 is 7.82 Å². The molecule has 0 saturated heterocycles. The summed E-state index contributed by atoms with van der Waals surface area (Å²) >= 11 is 0. The Hall–Kier alpha value is 1.29. The third-order valence-electron chi connectivity index (χ3n) is 0. The molecule has 0 aliphatic heterocycles. The minimum Gasteiger partial charge on any atom is 0 e. The molecule has 4 nitrogen and oxygen atoms in total. The molecule has 0 aromatic carbocycles. The van der Waals surface area contributed by atoms with E-state index in [1.54, 1.807) is 0 Å². The van der Waals surface area contributed by atoms with Crippen molar-refractivity contribution in [2.45, 2.75) is 7.43 Å². The predicted molar refractivity (Wildman–Crippen MR) is 28.1 cm³/mol. The van der Waals surface area contributed by atoms with Crippen LogP contribution in [0, 0.1) is 0 Å². The second-order valence-corrected chi connectivity index (χ2v) is 1.54. The largest absolute Gasteiger partial charge is 0 e. The molecule has 1 radical (unpaired) electrons. The van der Waals surface area contributed by atoms with Crippen molar-refractivity contribution >= 4 is 26.7 Å². The van der Waals surface area contributed by atoms with Gasteiger partial charge in [0.2, 0.25) is 0 Å². The maximum absolute atomic E-state index is 8.88. The van der Waals surface area contributed by atoms with E-state index in [4.69, 9.17) is 19.2 Å². The molecular formula is CH8LiO4PV. The van der Waals surface area contributed by atoms with Gasteiger partial charge in [-0.15, -0.1) is 0 Å². The smallest absolute Gasteiger partial charge is 0 e. The van der Waals surface area contributed by atoms with E-state index in [1.807, 2.05) is 0 Å². The average Bonchev–Trinajstić information content (AvgIpc) is 0.722. The SMILES string of the molecule is C.O=P(O)(O)O.[LiH].[V]. The molecule has 0 amide bonds. The van der Waals surface area contributed by atoms with Crippen molar-refractivity contribution in [1.29, 1.82) is 0 Å². The molecule has 0 aliphatic rings. The third kappa shape index (κ3) is 173. The van der Waals surface area contributed by atoms with Crippen molar-refractivity contribution < 1.29 is 37.8 Å². The molecule has 0 aromatic rings. The zero-order chi connectivity index (χ0) is 4.50. The Labute approximate surface area is 72.0 Å². The topological polar surface area (TPSA) is 77.8 Å². The molecule has 0 bridgehead atoms. The summed E-state index contributed by atoms with van der Waals surface area (Å²) in [6, 6.07) is 0. The maximum atomic E-state index is 8.88. The van der Waals surface area contributed by atoms with Crippen LogP contribution in [0.3, 0.4) is 0 Å². The molecule has 0 rings (SSSR count). The molecule has 0 aromatic heterocycles. The Bertz CT molecular complexity index is 62.2. The van der Waals surface area contributed by atoms with Gasteiger partial charge >= 0.3 is 26.7 Å².